The molecule has 2 atom stereocenters. The van der Waals surface area contributed by atoms with Crippen LogP contribution in [0.2, 0.25) is 0 Å². The molecule has 10 heteroatoms. The van der Waals surface area contributed by atoms with Crippen LogP contribution in [0, 0.1) is 11.3 Å². The Morgan fingerprint density at radius 2 is 2.17 bits per heavy atom. The lowest BCUT2D eigenvalue weighted by Crippen LogP contribution is -2.53. The lowest BCUT2D eigenvalue weighted by molar-refractivity contribution is -0.0225. The van der Waals surface area contributed by atoms with Crippen LogP contribution in [0.15, 0.2) is 23.2 Å². The molecule has 1 saturated heterocycles. The molecule has 1 aliphatic heterocycles. The number of hydrogen-bond acceptors (Lipinski definition) is 8. The maximum absolute atomic E-state index is 13.6. The van der Waals surface area contributed by atoms with Crippen molar-refractivity contribution in [1.82, 2.24) is 19.2 Å². The molecule has 1 amide bonds. The number of amides is 1. The summed E-state index contributed by atoms with van der Waals surface area (Å²) in [6, 6.07) is 6.68. The van der Waals surface area contributed by atoms with Crippen molar-refractivity contribution in [1.29, 1.82) is 5.26 Å². The molecule has 2 saturated carbocycles. The monoisotopic (exact) mass is 498 g/mol. The largest absolute Gasteiger partial charge is 0.382 e. The van der Waals surface area contributed by atoms with Gasteiger partial charge in [-0.3, -0.25) is 9.52 Å². The fraction of sp³-hybridized carbons (Fsp3) is 0.640. The van der Waals surface area contributed by atoms with Crippen LogP contribution in [0.4, 0.5) is 5.82 Å². The van der Waals surface area contributed by atoms with Crippen LogP contribution < -0.4 is 9.62 Å². The number of rotatable bonds is 8. The third kappa shape index (κ3) is 4.51. The molecular weight excluding hydrogens is 464 g/mol. The maximum Gasteiger partial charge on any atom is 0.258 e. The maximum atomic E-state index is 13.6. The van der Waals surface area contributed by atoms with Crippen LogP contribution in [0.25, 0.3) is 5.52 Å². The number of methoxy groups -OCH3 is 1. The highest BCUT2D eigenvalue weighted by molar-refractivity contribution is 7.97. The number of aromatic nitrogens is 2. The van der Waals surface area contributed by atoms with Gasteiger partial charge in [0, 0.05) is 31.1 Å². The Hall–Kier alpha value is -2.32. The van der Waals surface area contributed by atoms with E-state index in [1.807, 2.05) is 10.6 Å². The zero-order chi connectivity index (χ0) is 24.8. The Kier molecular flexibility index (Phi) is 6.46. The second-order valence-corrected chi connectivity index (χ2v) is 11.3. The normalized spacial score (nSPS) is 24.6. The van der Waals surface area contributed by atoms with Gasteiger partial charge in [0.2, 0.25) is 0 Å². The van der Waals surface area contributed by atoms with E-state index in [0.29, 0.717) is 38.2 Å². The fourth-order valence-electron chi connectivity index (χ4n) is 4.78. The summed E-state index contributed by atoms with van der Waals surface area (Å²) in [7, 11) is 3.42. The highest BCUT2D eigenvalue weighted by Gasteiger charge is 2.44. The van der Waals surface area contributed by atoms with Gasteiger partial charge in [0.1, 0.15) is 11.4 Å². The van der Waals surface area contributed by atoms with Gasteiger partial charge in [-0.15, -0.1) is 0 Å². The minimum atomic E-state index is -0.714. The summed E-state index contributed by atoms with van der Waals surface area (Å²) >= 11 is 1.60. The number of nitriles is 1. The summed E-state index contributed by atoms with van der Waals surface area (Å²) in [5, 5.41) is 14.4. The predicted molar refractivity (Wildman–Crippen MR) is 135 cm³/mol. The van der Waals surface area contributed by atoms with Gasteiger partial charge >= 0.3 is 0 Å². The first-order chi connectivity index (χ1) is 16.8. The molecule has 3 heterocycles. The van der Waals surface area contributed by atoms with Crippen LogP contribution >= 0.6 is 11.9 Å². The quantitative estimate of drug-likeness (QED) is 0.555. The van der Waals surface area contributed by atoms with Gasteiger partial charge in [-0.1, -0.05) is 0 Å². The summed E-state index contributed by atoms with van der Waals surface area (Å²) in [5.41, 5.74) is 0.716. The number of fused-ring (bicyclic) bond motifs is 1. The molecule has 3 aliphatic rings. The summed E-state index contributed by atoms with van der Waals surface area (Å²) in [4.78, 5) is 18.5. The third-order valence-electron chi connectivity index (χ3n) is 7.71. The molecule has 2 aliphatic carbocycles. The molecule has 5 rings (SSSR count). The lowest BCUT2D eigenvalue weighted by Gasteiger charge is -2.42. The number of nitrogens with zero attached hydrogens (tertiary/aromatic N) is 5. The van der Waals surface area contributed by atoms with Crippen molar-refractivity contribution in [2.45, 2.75) is 74.1 Å². The van der Waals surface area contributed by atoms with E-state index in [0.717, 1.165) is 35.5 Å². The Labute approximate surface area is 210 Å². The molecule has 0 spiro atoms. The first kappa shape index (κ1) is 24.4. The second kappa shape index (κ2) is 9.28. The molecule has 0 radical (unpaired) electrons. The zero-order valence-corrected chi connectivity index (χ0v) is 21.7. The summed E-state index contributed by atoms with van der Waals surface area (Å²) in [5.74, 6) is 0.758. The van der Waals surface area contributed by atoms with Gasteiger partial charge in [0.05, 0.1) is 48.7 Å². The van der Waals surface area contributed by atoms with E-state index in [9.17, 15) is 10.1 Å². The number of pyridine rings is 1. The van der Waals surface area contributed by atoms with E-state index in [1.165, 1.54) is 0 Å². The molecule has 0 aromatic carbocycles. The van der Waals surface area contributed by atoms with E-state index in [-0.39, 0.29) is 23.6 Å². The van der Waals surface area contributed by atoms with Crippen molar-refractivity contribution in [3.8, 4) is 6.07 Å². The number of hydrogen-bond donors (Lipinski definition) is 1. The molecule has 2 aromatic heterocycles. The van der Waals surface area contributed by atoms with Gasteiger partial charge in [-0.2, -0.15) is 10.4 Å². The molecule has 3 fully saturated rings. The van der Waals surface area contributed by atoms with E-state index < -0.39 is 5.54 Å². The highest BCUT2D eigenvalue weighted by atomic mass is 32.2. The molecule has 2 aromatic rings. The minimum absolute atomic E-state index is 0.0389. The van der Waals surface area contributed by atoms with Crippen molar-refractivity contribution in [3.05, 3.63) is 23.9 Å². The lowest BCUT2D eigenvalue weighted by atomic mass is 9.76. The van der Waals surface area contributed by atoms with Gasteiger partial charge in [0.25, 0.3) is 5.91 Å². The van der Waals surface area contributed by atoms with Crippen LogP contribution in [-0.4, -0.2) is 77.6 Å². The number of carbonyl (C=O) groups excluding carboxylic acids is 1. The molecule has 2 unspecified atom stereocenters. The molecular formula is C25H34N6O3S. The Morgan fingerprint density at radius 1 is 1.40 bits per heavy atom. The summed E-state index contributed by atoms with van der Waals surface area (Å²) in [6.45, 7) is 6.13. The standard InChI is InChI=1S/C25H34N6O3S/c1-17-14-34-18(15-33-4)13-30(17)22-11-19(35-28-24(2)8-9-24)10-21-20(12-27-31(21)22)23(32)29(3)25(16-26)6-5-7-25/h10-12,17-18,28H,5-9,13-15H2,1-4H3. The number of nitrogens with one attached hydrogen (secondary N) is 1. The topological polar surface area (TPSA) is 95.1 Å². The first-order valence-electron chi connectivity index (χ1n) is 12.3. The Balaban J connectivity index is 1.54. The SMILES string of the molecule is COCC1CN(c2cc(SNC3(C)CC3)cc3c(C(=O)N(C)C4(C#N)CCC4)cnn23)C(C)CO1. The van der Waals surface area contributed by atoms with E-state index >= 15 is 0 Å². The minimum Gasteiger partial charge on any atom is -0.382 e. The van der Waals surface area contributed by atoms with Crippen LogP contribution in [0.3, 0.4) is 0 Å². The van der Waals surface area contributed by atoms with Crippen LogP contribution in [0.5, 0.6) is 0 Å². The van der Waals surface area contributed by atoms with Gasteiger partial charge in [-0.25, -0.2) is 4.52 Å². The van der Waals surface area contributed by atoms with Crippen molar-refractivity contribution in [3.63, 3.8) is 0 Å². The van der Waals surface area contributed by atoms with Crippen molar-refractivity contribution < 1.29 is 14.3 Å². The van der Waals surface area contributed by atoms with Gasteiger partial charge in [-0.05, 0) is 70.0 Å². The fourth-order valence-corrected chi connectivity index (χ4v) is 5.68. The number of anilines is 1. The average Bonchev–Trinajstić information content (AvgIpc) is 3.41. The number of carbonyl (C=O) groups is 1. The molecule has 35 heavy (non-hydrogen) atoms. The van der Waals surface area contributed by atoms with Crippen LogP contribution in [0.1, 0.15) is 56.3 Å². The number of ether oxygens (including phenoxy) is 2. The van der Waals surface area contributed by atoms with Gasteiger partial charge in [0.15, 0.2) is 0 Å². The second-order valence-electron chi connectivity index (χ2n) is 10.4. The summed E-state index contributed by atoms with van der Waals surface area (Å²) in [6.07, 6.45) is 6.31. The zero-order valence-electron chi connectivity index (χ0n) is 20.9. The Bertz CT molecular complexity index is 1150. The first-order valence-corrected chi connectivity index (χ1v) is 13.1. The summed E-state index contributed by atoms with van der Waals surface area (Å²) < 4.78 is 16.8. The van der Waals surface area contributed by atoms with E-state index in [4.69, 9.17) is 9.47 Å². The van der Waals surface area contributed by atoms with Crippen molar-refractivity contribution in [2.24, 2.45) is 0 Å². The van der Waals surface area contributed by atoms with Gasteiger partial charge < -0.3 is 19.3 Å². The van der Waals surface area contributed by atoms with Crippen molar-refractivity contribution in [2.75, 3.05) is 38.8 Å². The highest BCUT2D eigenvalue weighted by Crippen LogP contribution is 2.40. The predicted octanol–water partition coefficient (Wildman–Crippen LogP) is 3.24. The molecule has 0 bridgehead atoms. The number of morpholine rings is 1. The van der Waals surface area contributed by atoms with Crippen molar-refractivity contribution >= 4 is 29.2 Å². The van der Waals surface area contributed by atoms with E-state index in [2.05, 4.69) is 40.7 Å². The molecule has 1 N–H and O–H groups in total. The third-order valence-corrected chi connectivity index (χ3v) is 8.77. The smallest absolute Gasteiger partial charge is 0.258 e. The Morgan fingerprint density at radius 3 is 2.80 bits per heavy atom. The molecule has 188 valence electrons. The molecule has 9 nitrogen and oxygen atoms in total. The van der Waals surface area contributed by atoms with E-state index in [1.54, 1.807) is 37.2 Å². The average molecular weight is 499 g/mol. The van der Waals surface area contributed by atoms with Crippen LogP contribution in [-0.2, 0) is 9.47 Å².